The van der Waals surface area contributed by atoms with Crippen LogP contribution in [0.4, 0.5) is 11.4 Å². The van der Waals surface area contributed by atoms with E-state index in [0.29, 0.717) is 21.4 Å². The molecule has 0 heterocycles. The van der Waals surface area contributed by atoms with Gasteiger partial charge >= 0.3 is 0 Å². The first-order valence-electron chi connectivity index (χ1n) is 6.69. The van der Waals surface area contributed by atoms with Crippen molar-refractivity contribution in [3.8, 4) is 0 Å². The number of hydrogen-bond acceptors (Lipinski definition) is 3. The number of thioether (sulfide) groups is 1. The molecule has 0 fully saturated rings. The van der Waals surface area contributed by atoms with E-state index >= 15 is 0 Å². The average Bonchev–Trinajstić information content (AvgIpc) is 2.48. The highest BCUT2D eigenvalue weighted by molar-refractivity contribution is 8.00. The van der Waals surface area contributed by atoms with Crippen LogP contribution in [0.3, 0.4) is 0 Å². The number of carbonyl (C=O) groups excluding carboxylic acids is 2. The monoisotopic (exact) mass is 368 g/mol. The third kappa shape index (κ3) is 5.78. The Morgan fingerprint density at radius 2 is 1.74 bits per heavy atom. The zero-order valence-electron chi connectivity index (χ0n) is 12.2. The van der Waals surface area contributed by atoms with E-state index in [9.17, 15) is 9.59 Å². The largest absolute Gasteiger partial charge is 0.326 e. The molecule has 0 bridgehead atoms. The first-order chi connectivity index (χ1) is 10.9. The topological polar surface area (TPSA) is 58.2 Å². The Hall–Kier alpha value is -1.69. The molecule has 0 saturated carbocycles. The Morgan fingerprint density at radius 1 is 1.04 bits per heavy atom. The van der Waals surface area contributed by atoms with Crippen LogP contribution in [0.15, 0.2) is 47.4 Å². The second-order valence-electron chi connectivity index (χ2n) is 4.67. The summed E-state index contributed by atoms with van der Waals surface area (Å²) in [6.45, 7) is 1.43. The van der Waals surface area contributed by atoms with Crippen LogP contribution in [0.1, 0.15) is 6.92 Å². The Labute approximate surface area is 148 Å². The second-order valence-corrected chi connectivity index (χ2v) is 6.53. The second kappa shape index (κ2) is 8.24. The standard InChI is InChI=1S/C16H14Cl2N2O2S/c1-10(21)19-12-3-2-4-13(8-12)20-16(22)9-23-15-7-11(17)5-6-14(15)18/h2-8H,9H2,1H3,(H,19,21)(H,20,22). The van der Waals surface area contributed by atoms with Crippen molar-refractivity contribution in [3.05, 3.63) is 52.5 Å². The lowest BCUT2D eigenvalue weighted by molar-refractivity contribution is -0.114. The summed E-state index contributed by atoms with van der Waals surface area (Å²) in [5.41, 5.74) is 1.24. The van der Waals surface area contributed by atoms with E-state index in [1.165, 1.54) is 18.7 Å². The van der Waals surface area contributed by atoms with Gasteiger partial charge in [0.2, 0.25) is 11.8 Å². The number of nitrogens with one attached hydrogen (secondary N) is 2. The first kappa shape index (κ1) is 17.7. The summed E-state index contributed by atoms with van der Waals surface area (Å²) in [5.74, 6) is -0.143. The van der Waals surface area contributed by atoms with Crippen molar-refractivity contribution in [2.75, 3.05) is 16.4 Å². The molecule has 4 nitrogen and oxygen atoms in total. The number of hydrogen-bond donors (Lipinski definition) is 2. The lowest BCUT2D eigenvalue weighted by atomic mass is 10.2. The molecule has 0 aliphatic heterocycles. The SMILES string of the molecule is CC(=O)Nc1cccc(NC(=O)CSc2cc(Cl)ccc2Cl)c1. The van der Waals surface area contributed by atoms with Gasteiger partial charge in [0.1, 0.15) is 0 Å². The molecule has 0 spiro atoms. The van der Waals surface area contributed by atoms with Crippen LogP contribution in [0.25, 0.3) is 0 Å². The van der Waals surface area contributed by atoms with Crippen LogP contribution >= 0.6 is 35.0 Å². The van der Waals surface area contributed by atoms with Gasteiger partial charge in [0.05, 0.1) is 10.8 Å². The molecule has 120 valence electrons. The molecule has 2 aromatic rings. The molecule has 0 aromatic heterocycles. The molecule has 0 atom stereocenters. The van der Waals surface area contributed by atoms with Crippen molar-refractivity contribution in [3.63, 3.8) is 0 Å². The summed E-state index contributed by atoms with van der Waals surface area (Å²) in [7, 11) is 0. The van der Waals surface area contributed by atoms with Crippen molar-refractivity contribution in [1.29, 1.82) is 0 Å². The first-order valence-corrected chi connectivity index (χ1v) is 8.43. The number of halogens is 2. The summed E-state index contributed by atoms with van der Waals surface area (Å²) >= 11 is 13.3. The van der Waals surface area contributed by atoms with Crippen molar-refractivity contribution in [2.24, 2.45) is 0 Å². The maximum absolute atomic E-state index is 12.0. The fourth-order valence-electron chi connectivity index (χ4n) is 1.81. The van der Waals surface area contributed by atoms with E-state index in [-0.39, 0.29) is 17.6 Å². The molecule has 0 radical (unpaired) electrons. The fraction of sp³-hybridized carbons (Fsp3) is 0.125. The van der Waals surface area contributed by atoms with Gasteiger partial charge in [0.25, 0.3) is 0 Å². The van der Waals surface area contributed by atoms with Crippen LogP contribution in [0.5, 0.6) is 0 Å². The van der Waals surface area contributed by atoms with E-state index in [1.807, 2.05) is 0 Å². The summed E-state index contributed by atoms with van der Waals surface area (Å²) < 4.78 is 0. The van der Waals surface area contributed by atoms with Gasteiger partial charge < -0.3 is 10.6 Å². The molecule has 0 aliphatic rings. The van der Waals surface area contributed by atoms with E-state index in [4.69, 9.17) is 23.2 Å². The molecule has 0 saturated heterocycles. The quantitative estimate of drug-likeness (QED) is 0.753. The van der Waals surface area contributed by atoms with Crippen molar-refractivity contribution in [1.82, 2.24) is 0 Å². The number of rotatable bonds is 5. The molecule has 2 N–H and O–H groups in total. The molecule has 23 heavy (non-hydrogen) atoms. The molecule has 7 heteroatoms. The van der Waals surface area contributed by atoms with Crippen LogP contribution < -0.4 is 10.6 Å². The minimum atomic E-state index is -0.175. The van der Waals surface area contributed by atoms with Crippen molar-refractivity contribution < 1.29 is 9.59 Å². The van der Waals surface area contributed by atoms with Gasteiger partial charge in [-0.05, 0) is 36.4 Å². The summed E-state index contributed by atoms with van der Waals surface area (Å²) in [6, 6.07) is 12.1. The Bertz CT molecular complexity index is 738. The van der Waals surface area contributed by atoms with Gasteiger partial charge in [-0.15, -0.1) is 11.8 Å². The lowest BCUT2D eigenvalue weighted by Gasteiger charge is -2.08. The van der Waals surface area contributed by atoms with E-state index < -0.39 is 0 Å². The summed E-state index contributed by atoms with van der Waals surface area (Å²) in [4.78, 5) is 23.8. The molecular weight excluding hydrogens is 355 g/mol. The number of carbonyl (C=O) groups is 2. The Morgan fingerprint density at radius 3 is 2.43 bits per heavy atom. The highest BCUT2D eigenvalue weighted by Gasteiger charge is 2.08. The highest BCUT2D eigenvalue weighted by atomic mass is 35.5. The maximum Gasteiger partial charge on any atom is 0.234 e. The van der Waals surface area contributed by atoms with Crippen molar-refractivity contribution in [2.45, 2.75) is 11.8 Å². The molecule has 0 aliphatic carbocycles. The van der Waals surface area contributed by atoms with E-state index in [1.54, 1.807) is 42.5 Å². The minimum Gasteiger partial charge on any atom is -0.326 e. The molecule has 0 unspecified atom stereocenters. The fourth-order valence-corrected chi connectivity index (χ4v) is 3.10. The van der Waals surface area contributed by atoms with Gasteiger partial charge in [-0.3, -0.25) is 9.59 Å². The maximum atomic E-state index is 12.0. The molecule has 2 aromatic carbocycles. The zero-order chi connectivity index (χ0) is 16.8. The Balaban J connectivity index is 1.94. The number of benzene rings is 2. The van der Waals surface area contributed by atoms with Crippen molar-refractivity contribution >= 4 is 58.2 Å². The van der Waals surface area contributed by atoms with Gasteiger partial charge in [0.15, 0.2) is 0 Å². The van der Waals surface area contributed by atoms with Gasteiger partial charge in [-0.25, -0.2) is 0 Å². The number of anilines is 2. The van der Waals surface area contributed by atoms with Crippen LogP contribution in [0.2, 0.25) is 10.0 Å². The number of amides is 2. The van der Waals surface area contributed by atoms with Crippen LogP contribution in [-0.4, -0.2) is 17.6 Å². The van der Waals surface area contributed by atoms with Crippen LogP contribution in [0, 0.1) is 0 Å². The Kier molecular flexibility index (Phi) is 6.33. The highest BCUT2D eigenvalue weighted by Crippen LogP contribution is 2.29. The van der Waals surface area contributed by atoms with Crippen LogP contribution in [-0.2, 0) is 9.59 Å². The van der Waals surface area contributed by atoms with Gasteiger partial charge in [0, 0.05) is 28.2 Å². The van der Waals surface area contributed by atoms with Gasteiger partial charge in [-0.2, -0.15) is 0 Å². The third-order valence-corrected chi connectivity index (χ3v) is 4.45. The predicted molar refractivity (Wildman–Crippen MR) is 96.6 cm³/mol. The molecular formula is C16H14Cl2N2O2S. The minimum absolute atomic E-state index is 0.167. The molecule has 2 rings (SSSR count). The zero-order valence-corrected chi connectivity index (χ0v) is 14.6. The summed E-state index contributed by atoms with van der Waals surface area (Å²) in [6.07, 6.45) is 0. The third-order valence-electron chi connectivity index (χ3n) is 2.72. The summed E-state index contributed by atoms with van der Waals surface area (Å²) in [5, 5.41) is 6.56. The normalized spacial score (nSPS) is 10.2. The molecule has 2 amide bonds. The average molecular weight is 369 g/mol. The van der Waals surface area contributed by atoms with E-state index in [0.717, 1.165) is 4.90 Å². The lowest BCUT2D eigenvalue weighted by Crippen LogP contribution is -2.14. The van der Waals surface area contributed by atoms with Gasteiger partial charge in [-0.1, -0.05) is 29.3 Å². The predicted octanol–water partition coefficient (Wildman–Crippen LogP) is 4.68. The smallest absolute Gasteiger partial charge is 0.234 e. The van der Waals surface area contributed by atoms with E-state index in [2.05, 4.69) is 10.6 Å².